The summed E-state index contributed by atoms with van der Waals surface area (Å²) >= 11 is 11.9. The van der Waals surface area contributed by atoms with Crippen LogP contribution in [0.5, 0.6) is 5.75 Å². The molecule has 8 heteroatoms. The lowest BCUT2D eigenvalue weighted by Gasteiger charge is -2.09. The van der Waals surface area contributed by atoms with E-state index in [2.05, 4.69) is 10.3 Å². The maximum atomic E-state index is 9.16. The molecule has 1 atom stereocenters. The molecule has 126 valence electrons. The number of oxazole rings is 1. The van der Waals surface area contributed by atoms with E-state index >= 15 is 0 Å². The van der Waals surface area contributed by atoms with Crippen LogP contribution in [0.25, 0.3) is 0 Å². The lowest BCUT2D eigenvalue weighted by molar-refractivity contribution is 0.120. The number of nitriles is 1. The topological polar surface area (TPSA) is 80.3 Å². The Kier molecular flexibility index (Phi) is 5.46. The minimum atomic E-state index is 0.0532. The summed E-state index contributed by atoms with van der Waals surface area (Å²) in [6, 6.07) is 6.92. The normalized spacial score (nSPS) is 16.8. The monoisotopic (exact) mass is 367 g/mol. The van der Waals surface area contributed by atoms with Crippen molar-refractivity contribution in [2.75, 3.05) is 18.5 Å². The predicted octanol–water partition coefficient (Wildman–Crippen LogP) is 4.02. The number of aromatic nitrogens is 1. The Morgan fingerprint density at radius 3 is 3.00 bits per heavy atom. The zero-order chi connectivity index (χ0) is 16.9. The van der Waals surface area contributed by atoms with Crippen molar-refractivity contribution < 1.29 is 13.9 Å². The minimum Gasteiger partial charge on any atom is -0.482 e. The maximum absolute atomic E-state index is 9.16. The van der Waals surface area contributed by atoms with E-state index in [1.165, 1.54) is 0 Å². The van der Waals surface area contributed by atoms with Crippen LogP contribution in [0.15, 0.2) is 22.6 Å². The standard InChI is InChI=1S/C16H15Cl2N3O3/c17-10-3-4-14(12(18)6-10)23-9-15-21-13(7-19)16(24-15)20-8-11-2-1-5-22-11/h3-4,6,11,20H,1-2,5,8-9H2. The van der Waals surface area contributed by atoms with E-state index in [4.69, 9.17) is 42.4 Å². The smallest absolute Gasteiger partial charge is 0.236 e. The molecule has 1 aliphatic heterocycles. The fourth-order valence-electron chi connectivity index (χ4n) is 2.37. The van der Waals surface area contributed by atoms with Crippen molar-refractivity contribution in [3.05, 3.63) is 39.8 Å². The highest BCUT2D eigenvalue weighted by atomic mass is 35.5. The first-order chi connectivity index (χ1) is 11.7. The summed E-state index contributed by atoms with van der Waals surface area (Å²) < 4.78 is 16.6. The molecular formula is C16H15Cl2N3O3. The number of benzene rings is 1. The number of halogens is 2. The molecule has 1 fully saturated rings. The molecule has 1 saturated heterocycles. The van der Waals surface area contributed by atoms with E-state index in [0.717, 1.165) is 19.4 Å². The first-order valence-electron chi connectivity index (χ1n) is 7.49. The summed E-state index contributed by atoms with van der Waals surface area (Å²) in [5.74, 6) is 1.08. The molecule has 0 bridgehead atoms. The molecule has 6 nitrogen and oxygen atoms in total. The summed E-state index contributed by atoms with van der Waals surface area (Å²) in [6.45, 7) is 1.40. The molecule has 0 radical (unpaired) electrons. The summed E-state index contributed by atoms with van der Waals surface area (Å²) in [7, 11) is 0. The largest absolute Gasteiger partial charge is 0.482 e. The van der Waals surface area contributed by atoms with Crippen LogP contribution in [0.4, 0.5) is 5.88 Å². The lowest BCUT2D eigenvalue weighted by Crippen LogP contribution is -2.18. The van der Waals surface area contributed by atoms with Gasteiger partial charge in [-0.2, -0.15) is 10.2 Å². The van der Waals surface area contributed by atoms with E-state index in [-0.39, 0.29) is 24.3 Å². The average molecular weight is 368 g/mol. The van der Waals surface area contributed by atoms with Crippen molar-refractivity contribution in [2.24, 2.45) is 0 Å². The van der Waals surface area contributed by atoms with Crippen molar-refractivity contribution >= 4 is 29.1 Å². The van der Waals surface area contributed by atoms with Gasteiger partial charge < -0.3 is 19.2 Å². The van der Waals surface area contributed by atoms with Gasteiger partial charge in [-0.05, 0) is 31.0 Å². The summed E-state index contributed by atoms with van der Waals surface area (Å²) in [5, 5.41) is 13.1. The fourth-order valence-corrected chi connectivity index (χ4v) is 2.83. The molecule has 0 saturated carbocycles. The van der Waals surface area contributed by atoms with Gasteiger partial charge in [0.25, 0.3) is 0 Å². The van der Waals surface area contributed by atoms with Crippen molar-refractivity contribution in [2.45, 2.75) is 25.6 Å². The highest BCUT2D eigenvalue weighted by Crippen LogP contribution is 2.28. The third-order valence-electron chi connectivity index (χ3n) is 3.54. The van der Waals surface area contributed by atoms with Gasteiger partial charge in [-0.1, -0.05) is 23.2 Å². The third-order valence-corrected chi connectivity index (χ3v) is 4.07. The van der Waals surface area contributed by atoms with E-state index in [1.807, 2.05) is 6.07 Å². The SMILES string of the molecule is N#Cc1nc(COc2ccc(Cl)cc2Cl)oc1NCC1CCCO1. The van der Waals surface area contributed by atoms with Gasteiger partial charge in [0.2, 0.25) is 17.5 Å². The van der Waals surface area contributed by atoms with Gasteiger partial charge in [-0.25, -0.2) is 0 Å². The molecular weight excluding hydrogens is 353 g/mol. The molecule has 1 aliphatic rings. The molecule has 0 amide bonds. The molecule has 0 aliphatic carbocycles. The predicted molar refractivity (Wildman–Crippen MR) is 89.5 cm³/mol. The van der Waals surface area contributed by atoms with Crippen molar-refractivity contribution in [3.8, 4) is 11.8 Å². The number of nitrogens with one attached hydrogen (secondary N) is 1. The number of rotatable bonds is 6. The van der Waals surface area contributed by atoms with Crippen molar-refractivity contribution in [3.63, 3.8) is 0 Å². The molecule has 1 aromatic heterocycles. The number of nitrogens with zero attached hydrogens (tertiary/aromatic N) is 2. The molecule has 3 rings (SSSR count). The Balaban J connectivity index is 1.62. The zero-order valence-electron chi connectivity index (χ0n) is 12.7. The van der Waals surface area contributed by atoms with Gasteiger partial charge in [0, 0.05) is 18.2 Å². The van der Waals surface area contributed by atoms with Crippen LogP contribution in [0.3, 0.4) is 0 Å². The van der Waals surface area contributed by atoms with E-state index in [1.54, 1.807) is 18.2 Å². The van der Waals surface area contributed by atoms with Crippen LogP contribution < -0.4 is 10.1 Å². The zero-order valence-corrected chi connectivity index (χ0v) is 14.2. The summed E-state index contributed by atoms with van der Waals surface area (Å²) in [4.78, 5) is 4.11. The minimum absolute atomic E-state index is 0.0532. The highest BCUT2D eigenvalue weighted by molar-refractivity contribution is 6.35. The third kappa shape index (κ3) is 4.12. The Bertz CT molecular complexity index is 752. The number of hydrogen-bond donors (Lipinski definition) is 1. The molecule has 1 aromatic carbocycles. The second kappa shape index (κ2) is 7.75. The van der Waals surface area contributed by atoms with Gasteiger partial charge in [-0.3, -0.25) is 0 Å². The van der Waals surface area contributed by atoms with Crippen LogP contribution in [0.2, 0.25) is 10.0 Å². The van der Waals surface area contributed by atoms with Crippen LogP contribution in [-0.4, -0.2) is 24.2 Å². The Morgan fingerprint density at radius 1 is 1.42 bits per heavy atom. The van der Waals surface area contributed by atoms with Gasteiger partial charge in [0.15, 0.2) is 6.61 Å². The first-order valence-corrected chi connectivity index (χ1v) is 8.24. The van der Waals surface area contributed by atoms with Crippen LogP contribution >= 0.6 is 23.2 Å². The molecule has 1 N–H and O–H groups in total. The van der Waals surface area contributed by atoms with Crippen molar-refractivity contribution in [1.82, 2.24) is 4.98 Å². The van der Waals surface area contributed by atoms with E-state index in [9.17, 15) is 0 Å². The van der Waals surface area contributed by atoms with E-state index < -0.39 is 0 Å². The van der Waals surface area contributed by atoms with Gasteiger partial charge in [0.1, 0.15) is 11.8 Å². The molecule has 2 heterocycles. The Morgan fingerprint density at radius 2 is 2.29 bits per heavy atom. The van der Waals surface area contributed by atoms with Gasteiger partial charge in [0.05, 0.1) is 11.1 Å². The number of ether oxygens (including phenoxy) is 2. The average Bonchev–Trinajstić information content (AvgIpc) is 3.21. The van der Waals surface area contributed by atoms with Gasteiger partial charge in [-0.15, -0.1) is 0 Å². The molecule has 1 unspecified atom stereocenters. The van der Waals surface area contributed by atoms with Crippen LogP contribution in [-0.2, 0) is 11.3 Å². The van der Waals surface area contributed by atoms with Crippen LogP contribution in [0.1, 0.15) is 24.4 Å². The Labute approximate surface area is 149 Å². The number of hydrogen-bond acceptors (Lipinski definition) is 6. The first kappa shape index (κ1) is 16.9. The lowest BCUT2D eigenvalue weighted by atomic mass is 10.2. The highest BCUT2D eigenvalue weighted by Gasteiger charge is 2.18. The van der Waals surface area contributed by atoms with Crippen LogP contribution in [0, 0.1) is 11.3 Å². The fraction of sp³-hybridized carbons (Fsp3) is 0.375. The Hall–Kier alpha value is -1.94. The molecule has 0 spiro atoms. The van der Waals surface area contributed by atoms with Gasteiger partial charge >= 0.3 is 0 Å². The quantitative estimate of drug-likeness (QED) is 0.830. The number of anilines is 1. The second-order valence-corrected chi connectivity index (χ2v) is 6.12. The van der Waals surface area contributed by atoms with Crippen molar-refractivity contribution in [1.29, 1.82) is 5.26 Å². The maximum Gasteiger partial charge on any atom is 0.236 e. The summed E-state index contributed by atoms with van der Waals surface area (Å²) in [5.41, 5.74) is 0.189. The molecule has 24 heavy (non-hydrogen) atoms. The van der Waals surface area contributed by atoms with E-state index in [0.29, 0.717) is 28.2 Å². The second-order valence-electron chi connectivity index (χ2n) is 5.28. The summed E-state index contributed by atoms with van der Waals surface area (Å²) in [6.07, 6.45) is 2.18. The molecule has 2 aromatic rings.